The third kappa shape index (κ3) is 4.77. The molecule has 0 aliphatic heterocycles. The van der Waals surface area contributed by atoms with Crippen LogP contribution in [0, 0.1) is 0 Å². The van der Waals surface area contributed by atoms with E-state index in [2.05, 4.69) is 15.8 Å². The zero-order valence-electron chi connectivity index (χ0n) is 12.7. The molecule has 1 heterocycles. The Kier molecular flexibility index (Phi) is 5.83. The van der Waals surface area contributed by atoms with Crippen LogP contribution in [0.3, 0.4) is 0 Å². The van der Waals surface area contributed by atoms with E-state index < -0.39 is 0 Å². The van der Waals surface area contributed by atoms with E-state index in [1.807, 2.05) is 32.0 Å². The first-order valence-electron chi connectivity index (χ1n) is 7.34. The Morgan fingerprint density at radius 2 is 2.09 bits per heavy atom. The van der Waals surface area contributed by atoms with Crippen LogP contribution in [0.5, 0.6) is 0 Å². The van der Waals surface area contributed by atoms with E-state index in [0.717, 1.165) is 17.7 Å². The van der Waals surface area contributed by atoms with Gasteiger partial charge in [0.15, 0.2) is 5.76 Å². The molecule has 0 spiro atoms. The molecule has 22 heavy (non-hydrogen) atoms. The molecular formula is C16H20ClN3O2. The van der Waals surface area contributed by atoms with Crippen LogP contribution in [-0.4, -0.2) is 23.8 Å². The smallest absolute Gasteiger partial charge is 0.315 e. The minimum Gasteiger partial charge on any atom is -0.356 e. The van der Waals surface area contributed by atoms with Crippen molar-refractivity contribution in [1.82, 2.24) is 15.8 Å². The summed E-state index contributed by atoms with van der Waals surface area (Å²) in [7, 11) is 0. The quantitative estimate of drug-likeness (QED) is 0.853. The van der Waals surface area contributed by atoms with Gasteiger partial charge in [0, 0.05) is 35.7 Å². The van der Waals surface area contributed by atoms with Crippen LogP contribution in [0.2, 0.25) is 5.02 Å². The standard InChI is InChI=1S/C16H20ClN3O2/c1-3-11(2)19-16(21)18-9-8-14-10-15(22-20-14)12-4-6-13(17)7-5-12/h4-7,10-11H,3,8-9H2,1-2H3,(H2,18,19,21). The van der Waals surface area contributed by atoms with E-state index in [1.54, 1.807) is 12.1 Å². The minimum atomic E-state index is -0.157. The summed E-state index contributed by atoms with van der Waals surface area (Å²) < 4.78 is 5.31. The van der Waals surface area contributed by atoms with E-state index in [-0.39, 0.29) is 12.1 Å². The molecule has 2 aromatic rings. The fourth-order valence-electron chi connectivity index (χ4n) is 1.86. The van der Waals surface area contributed by atoms with Crippen LogP contribution < -0.4 is 10.6 Å². The van der Waals surface area contributed by atoms with Crippen molar-refractivity contribution in [2.45, 2.75) is 32.7 Å². The summed E-state index contributed by atoms with van der Waals surface area (Å²) in [5, 5.41) is 10.3. The number of amides is 2. The summed E-state index contributed by atoms with van der Waals surface area (Å²) in [6.07, 6.45) is 1.52. The largest absolute Gasteiger partial charge is 0.356 e. The second-order valence-corrected chi connectivity index (χ2v) is 5.59. The maximum atomic E-state index is 11.6. The lowest BCUT2D eigenvalue weighted by atomic mass is 10.1. The van der Waals surface area contributed by atoms with E-state index in [0.29, 0.717) is 23.7 Å². The predicted octanol–water partition coefficient (Wildman–Crippen LogP) is 3.64. The number of urea groups is 1. The SMILES string of the molecule is CCC(C)NC(=O)NCCc1cc(-c2ccc(Cl)cc2)on1. The number of benzene rings is 1. The zero-order chi connectivity index (χ0) is 15.9. The Balaban J connectivity index is 1.82. The summed E-state index contributed by atoms with van der Waals surface area (Å²) in [6, 6.07) is 9.26. The molecule has 6 heteroatoms. The van der Waals surface area contributed by atoms with Gasteiger partial charge in [-0.1, -0.05) is 23.7 Å². The maximum absolute atomic E-state index is 11.6. The van der Waals surface area contributed by atoms with Gasteiger partial charge in [-0.3, -0.25) is 0 Å². The molecular weight excluding hydrogens is 302 g/mol. The second kappa shape index (κ2) is 7.84. The lowest BCUT2D eigenvalue weighted by molar-refractivity contribution is 0.237. The molecule has 118 valence electrons. The number of halogens is 1. The topological polar surface area (TPSA) is 67.2 Å². The van der Waals surface area contributed by atoms with Gasteiger partial charge in [0.2, 0.25) is 0 Å². The predicted molar refractivity (Wildman–Crippen MR) is 86.9 cm³/mol. The van der Waals surface area contributed by atoms with Crippen LogP contribution >= 0.6 is 11.6 Å². The molecule has 0 bridgehead atoms. The number of carbonyl (C=O) groups excluding carboxylic acids is 1. The molecule has 0 fully saturated rings. The number of nitrogens with zero attached hydrogens (tertiary/aromatic N) is 1. The lowest BCUT2D eigenvalue weighted by Crippen LogP contribution is -2.41. The first-order valence-corrected chi connectivity index (χ1v) is 7.72. The molecule has 5 nitrogen and oxygen atoms in total. The summed E-state index contributed by atoms with van der Waals surface area (Å²) >= 11 is 5.86. The van der Waals surface area contributed by atoms with Crippen LogP contribution in [0.1, 0.15) is 26.0 Å². The summed E-state index contributed by atoms with van der Waals surface area (Å²) in [5.41, 5.74) is 1.72. The molecule has 0 saturated heterocycles. The van der Waals surface area contributed by atoms with Crippen molar-refractivity contribution < 1.29 is 9.32 Å². The average Bonchev–Trinajstić information content (AvgIpc) is 2.96. The Morgan fingerprint density at radius 1 is 1.36 bits per heavy atom. The van der Waals surface area contributed by atoms with Crippen LogP contribution in [0.25, 0.3) is 11.3 Å². The molecule has 0 saturated carbocycles. The van der Waals surface area contributed by atoms with E-state index >= 15 is 0 Å². The zero-order valence-corrected chi connectivity index (χ0v) is 13.5. The molecule has 1 unspecified atom stereocenters. The number of aromatic nitrogens is 1. The third-order valence-corrected chi connectivity index (χ3v) is 3.60. The maximum Gasteiger partial charge on any atom is 0.315 e. The molecule has 1 atom stereocenters. The van der Waals surface area contributed by atoms with Crippen molar-refractivity contribution in [3.05, 3.63) is 41.0 Å². The van der Waals surface area contributed by atoms with Gasteiger partial charge in [0.25, 0.3) is 0 Å². The lowest BCUT2D eigenvalue weighted by Gasteiger charge is -2.11. The fourth-order valence-corrected chi connectivity index (χ4v) is 1.99. The molecule has 2 amide bonds. The molecule has 1 aromatic carbocycles. The highest BCUT2D eigenvalue weighted by Gasteiger charge is 2.08. The highest BCUT2D eigenvalue weighted by atomic mass is 35.5. The Bertz CT molecular complexity index is 610. The van der Waals surface area contributed by atoms with Crippen molar-refractivity contribution in [1.29, 1.82) is 0 Å². The Hall–Kier alpha value is -2.01. The first kappa shape index (κ1) is 16.4. The highest BCUT2D eigenvalue weighted by Crippen LogP contribution is 2.22. The summed E-state index contributed by atoms with van der Waals surface area (Å²) in [4.78, 5) is 11.6. The number of hydrogen-bond donors (Lipinski definition) is 2. The molecule has 2 N–H and O–H groups in total. The average molecular weight is 322 g/mol. The molecule has 0 radical (unpaired) electrons. The van der Waals surface area contributed by atoms with Gasteiger partial charge in [-0.15, -0.1) is 0 Å². The Labute approximate surface area is 135 Å². The van der Waals surface area contributed by atoms with E-state index in [9.17, 15) is 4.79 Å². The number of rotatable bonds is 6. The van der Waals surface area contributed by atoms with Crippen molar-refractivity contribution in [2.75, 3.05) is 6.54 Å². The molecule has 1 aromatic heterocycles. The van der Waals surface area contributed by atoms with Crippen molar-refractivity contribution in [3.63, 3.8) is 0 Å². The van der Waals surface area contributed by atoms with Crippen molar-refractivity contribution in [2.24, 2.45) is 0 Å². The van der Waals surface area contributed by atoms with Gasteiger partial charge in [0.1, 0.15) is 0 Å². The number of carbonyl (C=O) groups is 1. The summed E-state index contributed by atoms with van der Waals surface area (Å²) in [5.74, 6) is 0.690. The second-order valence-electron chi connectivity index (χ2n) is 5.15. The summed E-state index contributed by atoms with van der Waals surface area (Å²) in [6.45, 7) is 4.50. The number of hydrogen-bond acceptors (Lipinski definition) is 3. The monoisotopic (exact) mass is 321 g/mol. The van der Waals surface area contributed by atoms with Crippen molar-refractivity contribution in [3.8, 4) is 11.3 Å². The molecule has 2 rings (SSSR count). The third-order valence-electron chi connectivity index (χ3n) is 3.34. The first-order chi connectivity index (χ1) is 10.6. The van der Waals surface area contributed by atoms with Crippen LogP contribution in [0.4, 0.5) is 4.79 Å². The van der Waals surface area contributed by atoms with Gasteiger partial charge in [0.05, 0.1) is 5.69 Å². The molecule has 0 aliphatic rings. The van der Waals surface area contributed by atoms with Crippen molar-refractivity contribution >= 4 is 17.6 Å². The van der Waals surface area contributed by atoms with E-state index in [4.69, 9.17) is 16.1 Å². The minimum absolute atomic E-state index is 0.157. The normalized spacial score (nSPS) is 12.0. The van der Waals surface area contributed by atoms with Crippen LogP contribution in [0.15, 0.2) is 34.9 Å². The van der Waals surface area contributed by atoms with Gasteiger partial charge < -0.3 is 15.2 Å². The van der Waals surface area contributed by atoms with Gasteiger partial charge in [-0.05, 0) is 37.6 Å². The fraction of sp³-hybridized carbons (Fsp3) is 0.375. The van der Waals surface area contributed by atoms with Gasteiger partial charge in [-0.2, -0.15) is 0 Å². The Morgan fingerprint density at radius 3 is 2.77 bits per heavy atom. The highest BCUT2D eigenvalue weighted by molar-refractivity contribution is 6.30. The van der Waals surface area contributed by atoms with Gasteiger partial charge >= 0.3 is 6.03 Å². The van der Waals surface area contributed by atoms with Gasteiger partial charge in [-0.25, -0.2) is 4.79 Å². The van der Waals surface area contributed by atoms with Crippen LogP contribution in [-0.2, 0) is 6.42 Å². The molecule has 0 aliphatic carbocycles. The number of nitrogens with one attached hydrogen (secondary N) is 2. The van der Waals surface area contributed by atoms with E-state index in [1.165, 1.54) is 0 Å².